The van der Waals surface area contributed by atoms with Crippen molar-refractivity contribution in [2.24, 2.45) is 0 Å². The second-order valence-corrected chi connectivity index (χ2v) is 8.88. The Bertz CT molecular complexity index is 1430. The highest BCUT2D eigenvalue weighted by Gasteiger charge is 2.32. The third kappa shape index (κ3) is 5.36. The Morgan fingerprint density at radius 3 is 2.19 bits per heavy atom. The van der Waals surface area contributed by atoms with Gasteiger partial charge in [0.2, 0.25) is 0 Å². The minimum Gasteiger partial charge on any atom is -0.478 e. The van der Waals surface area contributed by atoms with Crippen LogP contribution in [-0.4, -0.2) is 27.6 Å². The third-order valence-corrected chi connectivity index (χ3v) is 5.60. The van der Waals surface area contributed by atoms with Gasteiger partial charge < -0.3 is 23.9 Å². The molecule has 0 amide bonds. The van der Waals surface area contributed by atoms with Gasteiger partial charge in [-0.2, -0.15) is 0 Å². The number of halogens is 4. The number of ether oxygens (including phenoxy) is 3. The maximum absolute atomic E-state index is 12.9. The van der Waals surface area contributed by atoms with E-state index in [1.54, 1.807) is 60.0 Å². The normalized spacial score (nSPS) is 12.0. The molecule has 0 saturated heterocycles. The van der Waals surface area contributed by atoms with Gasteiger partial charge in [0.25, 0.3) is 0 Å². The van der Waals surface area contributed by atoms with Crippen molar-refractivity contribution in [3.8, 4) is 28.7 Å². The van der Waals surface area contributed by atoms with E-state index >= 15 is 0 Å². The van der Waals surface area contributed by atoms with Crippen LogP contribution in [0.4, 0.5) is 13.2 Å². The van der Waals surface area contributed by atoms with Crippen LogP contribution in [0.5, 0.6) is 23.0 Å². The van der Waals surface area contributed by atoms with Gasteiger partial charge in [-0.15, -0.1) is 13.2 Å². The number of carbonyl (C=O) groups is 1. The molecule has 1 aromatic heterocycles. The minimum absolute atomic E-state index is 0.268. The van der Waals surface area contributed by atoms with Gasteiger partial charge in [-0.1, -0.05) is 17.7 Å². The number of rotatable bonds is 7. The smallest absolute Gasteiger partial charge is 0.478 e. The Morgan fingerprint density at radius 2 is 1.56 bits per heavy atom. The van der Waals surface area contributed by atoms with Gasteiger partial charge in [0.15, 0.2) is 11.4 Å². The number of aliphatic carboxylic acids is 1. The van der Waals surface area contributed by atoms with E-state index in [-0.39, 0.29) is 5.75 Å². The van der Waals surface area contributed by atoms with Gasteiger partial charge in [0.1, 0.15) is 17.2 Å². The van der Waals surface area contributed by atoms with E-state index < -0.39 is 23.7 Å². The monoisotopic (exact) mass is 519 g/mol. The Kier molecular flexibility index (Phi) is 6.53. The van der Waals surface area contributed by atoms with Gasteiger partial charge in [0, 0.05) is 28.2 Å². The van der Waals surface area contributed by atoms with Crippen LogP contribution in [0.1, 0.15) is 19.5 Å². The van der Waals surface area contributed by atoms with Crippen LogP contribution in [-0.2, 0) is 4.79 Å². The molecule has 0 radical (unpaired) electrons. The van der Waals surface area contributed by atoms with E-state index in [2.05, 4.69) is 4.74 Å². The van der Waals surface area contributed by atoms with Gasteiger partial charge in [-0.25, -0.2) is 4.79 Å². The Labute approximate surface area is 209 Å². The standard InChI is InChI=1S/C26H21ClF3NO5/c1-15-23(34-18-9-7-16(27)8-10-18)21-12-11-20(36-26(28,29)30)14-22(21)31(15)17-5-4-6-19(13-17)35-25(2,3)24(32)33/h4-14H,1-3H3,(H,32,33). The first kappa shape index (κ1) is 25.2. The Hall–Kier alpha value is -3.85. The van der Waals surface area contributed by atoms with Gasteiger partial charge in [-0.05, 0) is 69.3 Å². The van der Waals surface area contributed by atoms with Crippen molar-refractivity contribution in [3.63, 3.8) is 0 Å². The number of carboxylic acid groups (broad SMARTS) is 1. The molecule has 10 heteroatoms. The average Bonchev–Trinajstić information content (AvgIpc) is 3.04. The van der Waals surface area contributed by atoms with Crippen LogP contribution < -0.4 is 14.2 Å². The fourth-order valence-corrected chi connectivity index (χ4v) is 3.80. The summed E-state index contributed by atoms with van der Waals surface area (Å²) < 4.78 is 56.3. The third-order valence-electron chi connectivity index (χ3n) is 5.35. The maximum atomic E-state index is 12.9. The van der Waals surface area contributed by atoms with E-state index in [1.165, 1.54) is 32.0 Å². The zero-order valence-electron chi connectivity index (χ0n) is 19.4. The molecule has 188 valence electrons. The molecule has 4 rings (SSSR count). The number of aromatic nitrogens is 1. The molecule has 3 aromatic carbocycles. The zero-order valence-corrected chi connectivity index (χ0v) is 20.1. The van der Waals surface area contributed by atoms with Crippen LogP contribution in [0.15, 0.2) is 66.7 Å². The number of nitrogens with zero attached hydrogens (tertiary/aromatic N) is 1. The molecule has 0 fully saturated rings. The number of alkyl halides is 3. The van der Waals surface area contributed by atoms with Crippen LogP contribution in [0.2, 0.25) is 5.02 Å². The number of carboxylic acids is 1. The van der Waals surface area contributed by atoms with E-state index in [1.807, 2.05) is 0 Å². The molecular formula is C26H21ClF3NO5. The lowest BCUT2D eigenvalue weighted by Gasteiger charge is -2.22. The first-order valence-electron chi connectivity index (χ1n) is 10.7. The minimum atomic E-state index is -4.86. The van der Waals surface area contributed by atoms with Gasteiger partial charge in [0.05, 0.1) is 11.2 Å². The van der Waals surface area contributed by atoms with Crippen molar-refractivity contribution in [2.45, 2.75) is 32.7 Å². The Balaban J connectivity index is 1.87. The van der Waals surface area contributed by atoms with Crippen LogP contribution in [0.3, 0.4) is 0 Å². The molecule has 0 aliphatic rings. The average molecular weight is 520 g/mol. The molecule has 0 spiro atoms. The summed E-state index contributed by atoms with van der Waals surface area (Å²) >= 11 is 5.96. The SMILES string of the molecule is Cc1c(Oc2ccc(Cl)cc2)c2ccc(OC(F)(F)F)cc2n1-c1cccc(OC(C)(C)C(=O)O)c1. The van der Waals surface area contributed by atoms with Gasteiger partial charge >= 0.3 is 12.3 Å². The molecule has 0 unspecified atom stereocenters. The number of benzene rings is 3. The molecule has 0 saturated carbocycles. The molecule has 36 heavy (non-hydrogen) atoms. The van der Waals surface area contributed by atoms with Crippen LogP contribution in [0.25, 0.3) is 16.6 Å². The molecule has 0 atom stereocenters. The lowest BCUT2D eigenvalue weighted by molar-refractivity contribution is -0.274. The number of fused-ring (bicyclic) bond motifs is 1. The zero-order chi connectivity index (χ0) is 26.3. The summed E-state index contributed by atoms with van der Waals surface area (Å²) in [5.41, 5.74) is -0.0128. The molecule has 0 aliphatic carbocycles. The first-order valence-corrected chi connectivity index (χ1v) is 11.1. The fraction of sp³-hybridized carbons (Fsp3) is 0.192. The van der Waals surface area contributed by atoms with Crippen molar-refractivity contribution in [3.05, 3.63) is 77.4 Å². The summed E-state index contributed by atoms with van der Waals surface area (Å²) in [7, 11) is 0. The van der Waals surface area contributed by atoms with E-state index in [0.717, 1.165) is 0 Å². The summed E-state index contributed by atoms with van der Waals surface area (Å²) in [5, 5.41) is 10.5. The molecule has 0 aliphatic heterocycles. The van der Waals surface area contributed by atoms with Crippen molar-refractivity contribution in [1.29, 1.82) is 0 Å². The fourth-order valence-electron chi connectivity index (χ4n) is 3.67. The number of hydrogen-bond acceptors (Lipinski definition) is 4. The van der Waals surface area contributed by atoms with Crippen molar-refractivity contribution >= 4 is 28.5 Å². The lowest BCUT2D eigenvalue weighted by atomic mass is 10.1. The van der Waals surface area contributed by atoms with E-state index in [0.29, 0.717) is 38.8 Å². The highest BCUT2D eigenvalue weighted by atomic mass is 35.5. The van der Waals surface area contributed by atoms with Crippen molar-refractivity contribution < 1.29 is 37.3 Å². The summed E-state index contributed by atoms with van der Waals surface area (Å²) in [6, 6.07) is 17.2. The highest BCUT2D eigenvalue weighted by molar-refractivity contribution is 6.30. The molecule has 1 heterocycles. The van der Waals surface area contributed by atoms with E-state index in [9.17, 15) is 23.1 Å². The predicted molar refractivity (Wildman–Crippen MR) is 129 cm³/mol. The highest BCUT2D eigenvalue weighted by Crippen LogP contribution is 2.41. The topological polar surface area (TPSA) is 69.9 Å². The number of hydrogen-bond donors (Lipinski definition) is 1. The molecule has 4 aromatic rings. The van der Waals surface area contributed by atoms with E-state index in [4.69, 9.17) is 21.1 Å². The van der Waals surface area contributed by atoms with Gasteiger partial charge in [-0.3, -0.25) is 0 Å². The van der Waals surface area contributed by atoms with Crippen LogP contribution in [0, 0.1) is 6.92 Å². The molecular weight excluding hydrogens is 499 g/mol. The quantitative estimate of drug-likeness (QED) is 0.273. The second-order valence-electron chi connectivity index (χ2n) is 8.45. The lowest BCUT2D eigenvalue weighted by Crippen LogP contribution is -2.37. The summed E-state index contributed by atoms with van der Waals surface area (Å²) in [5.74, 6) is -0.376. The van der Waals surface area contributed by atoms with Crippen molar-refractivity contribution in [1.82, 2.24) is 4.57 Å². The molecule has 1 N–H and O–H groups in total. The summed E-state index contributed by atoms with van der Waals surface area (Å²) in [4.78, 5) is 11.5. The maximum Gasteiger partial charge on any atom is 0.573 e. The van der Waals surface area contributed by atoms with Crippen LogP contribution >= 0.6 is 11.6 Å². The summed E-state index contributed by atoms with van der Waals surface area (Å²) in [6.45, 7) is 4.58. The summed E-state index contributed by atoms with van der Waals surface area (Å²) in [6.07, 6.45) is -4.86. The Morgan fingerprint density at radius 1 is 0.917 bits per heavy atom. The molecule has 6 nitrogen and oxygen atoms in total. The van der Waals surface area contributed by atoms with Crippen molar-refractivity contribution in [2.75, 3.05) is 0 Å². The second kappa shape index (κ2) is 9.31. The first-order chi connectivity index (χ1) is 16.8. The molecule has 0 bridgehead atoms. The predicted octanol–water partition coefficient (Wildman–Crippen LogP) is 7.53. The largest absolute Gasteiger partial charge is 0.573 e.